The van der Waals surface area contributed by atoms with Crippen molar-refractivity contribution in [2.75, 3.05) is 5.32 Å². The third-order valence-corrected chi connectivity index (χ3v) is 6.86. The molecule has 2 saturated carbocycles. The van der Waals surface area contributed by atoms with Gasteiger partial charge in [0.05, 0.1) is 23.4 Å². The number of hydrogen-bond donors (Lipinski definition) is 3. The third kappa shape index (κ3) is 4.87. The molecule has 0 radical (unpaired) electrons. The van der Waals surface area contributed by atoms with Gasteiger partial charge >= 0.3 is 0 Å². The molecule has 3 N–H and O–H groups in total. The monoisotopic (exact) mass is 431 g/mol. The average Bonchev–Trinajstić information content (AvgIpc) is 3.41. The van der Waals surface area contributed by atoms with Gasteiger partial charge in [-0.15, -0.1) is 11.3 Å². The van der Waals surface area contributed by atoms with Crippen LogP contribution in [0, 0.1) is 18.7 Å². The number of carbonyl (C=O) groups excluding carboxylic acids is 2. The molecule has 2 aliphatic rings. The van der Waals surface area contributed by atoms with E-state index in [1.807, 2.05) is 0 Å². The van der Waals surface area contributed by atoms with E-state index >= 15 is 0 Å². The molecule has 0 bridgehead atoms. The molecule has 1 aromatic heterocycles. The molecule has 6 nitrogen and oxygen atoms in total. The second-order valence-corrected chi connectivity index (χ2v) is 9.40. The molecule has 0 spiro atoms. The number of benzene rings is 1. The zero-order chi connectivity index (χ0) is 21.3. The third-order valence-electron chi connectivity index (χ3n) is 5.84. The lowest BCUT2D eigenvalue weighted by Crippen LogP contribution is -2.45. The Bertz CT molecular complexity index is 957. The second-order valence-electron chi connectivity index (χ2n) is 8.28. The Morgan fingerprint density at radius 2 is 1.97 bits per heavy atom. The Kier molecular flexibility index (Phi) is 6.15. The van der Waals surface area contributed by atoms with Gasteiger partial charge in [-0.2, -0.15) is 0 Å². The lowest BCUT2D eigenvalue weighted by molar-refractivity contribution is 0.0717. The van der Waals surface area contributed by atoms with Gasteiger partial charge in [-0.3, -0.25) is 9.59 Å². The van der Waals surface area contributed by atoms with E-state index in [-0.39, 0.29) is 28.8 Å². The van der Waals surface area contributed by atoms with Gasteiger partial charge in [-0.25, -0.2) is 9.37 Å². The van der Waals surface area contributed by atoms with Crippen molar-refractivity contribution in [1.29, 1.82) is 0 Å². The van der Waals surface area contributed by atoms with Crippen molar-refractivity contribution in [2.45, 2.75) is 64.0 Å². The van der Waals surface area contributed by atoms with E-state index in [1.165, 1.54) is 30.2 Å². The molecule has 2 fully saturated rings. The normalized spacial score (nSPS) is 21.3. The van der Waals surface area contributed by atoms with Crippen LogP contribution in [0.4, 0.5) is 10.1 Å². The first-order chi connectivity index (χ1) is 14.4. The number of amides is 2. The van der Waals surface area contributed by atoms with Crippen molar-refractivity contribution >= 4 is 28.8 Å². The summed E-state index contributed by atoms with van der Waals surface area (Å²) in [7, 11) is 0. The second kappa shape index (κ2) is 8.81. The maximum Gasteiger partial charge on any atom is 0.267 e. The maximum atomic E-state index is 14.5. The summed E-state index contributed by atoms with van der Waals surface area (Å²) < 4.78 is 14.5. The molecule has 0 saturated heterocycles. The molecule has 30 heavy (non-hydrogen) atoms. The largest absolute Gasteiger partial charge is 0.391 e. The standard InChI is InChI=1S/C22H26FN3O3S/c1-12-15(23)9-14(21(28)25-16-4-2-3-5-18(16)27)10-17(12)26-22(29)19-11-24-20(30-19)8-13-6-7-13/h9-11,13,16,18,27H,2-8H2,1H3,(H,25,28)(H,26,29)/t16-,18-/m0/s1. The average molecular weight is 432 g/mol. The minimum absolute atomic E-state index is 0.116. The number of nitrogens with one attached hydrogen (secondary N) is 2. The number of aliphatic hydroxyl groups is 1. The predicted octanol–water partition coefficient (Wildman–Crippen LogP) is 3.83. The Morgan fingerprint density at radius 3 is 2.70 bits per heavy atom. The van der Waals surface area contributed by atoms with Gasteiger partial charge in [0, 0.05) is 23.2 Å². The summed E-state index contributed by atoms with van der Waals surface area (Å²) in [6, 6.07) is 2.30. The smallest absolute Gasteiger partial charge is 0.267 e. The maximum absolute atomic E-state index is 14.5. The zero-order valence-electron chi connectivity index (χ0n) is 16.9. The molecule has 1 heterocycles. The lowest BCUT2D eigenvalue weighted by atomic mass is 9.92. The fourth-order valence-electron chi connectivity index (χ4n) is 3.73. The van der Waals surface area contributed by atoms with E-state index in [4.69, 9.17) is 0 Å². The van der Waals surface area contributed by atoms with Crippen molar-refractivity contribution in [3.05, 3.63) is 45.2 Å². The van der Waals surface area contributed by atoms with Crippen LogP contribution in [-0.4, -0.2) is 34.1 Å². The van der Waals surface area contributed by atoms with Crippen molar-refractivity contribution in [2.24, 2.45) is 5.92 Å². The van der Waals surface area contributed by atoms with E-state index in [0.717, 1.165) is 30.3 Å². The number of thiazole rings is 1. The fraction of sp³-hybridized carbons (Fsp3) is 0.500. The van der Waals surface area contributed by atoms with Gasteiger partial charge in [0.2, 0.25) is 0 Å². The van der Waals surface area contributed by atoms with Gasteiger partial charge < -0.3 is 15.7 Å². The lowest BCUT2D eigenvalue weighted by Gasteiger charge is -2.28. The number of nitrogens with zero attached hydrogens (tertiary/aromatic N) is 1. The van der Waals surface area contributed by atoms with Crippen LogP contribution in [0.5, 0.6) is 0 Å². The van der Waals surface area contributed by atoms with E-state index in [1.54, 1.807) is 13.1 Å². The summed E-state index contributed by atoms with van der Waals surface area (Å²) >= 11 is 1.35. The molecule has 2 atom stereocenters. The quantitative estimate of drug-likeness (QED) is 0.648. The SMILES string of the molecule is Cc1c(F)cc(C(=O)N[C@H]2CCCC[C@@H]2O)cc1NC(=O)c1cnc(CC2CC2)s1. The molecule has 4 rings (SSSR count). The molecule has 1 aromatic carbocycles. The van der Waals surface area contributed by atoms with Crippen LogP contribution in [0.15, 0.2) is 18.3 Å². The number of rotatable bonds is 6. The van der Waals surface area contributed by atoms with E-state index in [2.05, 4.69) is 15.6 Å². The predicted molar refractivity (Wildman–Crippen MR) is 113 cm³/mol. The first-order valence-electron chi connectivity index (χ1n) is 10.5. The summed E-state index contributed by atoms with van der Waals surface area (Å²) in [5, 5.41) is 16.5. The molecule has 2 aliphatic carbocycles. The van der Waals surface area contributed by atoms with E-state index < -0.39 is 17.8 Å². The molecule has 2 amide bonds. The number of hydrogen-bond acceptors (Lipinski definition) is 5. The van der Waals surface area contributed by atoms with E-state index in [0.29, 0.717) is 23.6 Å². The summed E-state index contributed by atoms with van der Waals surface area (Å²) in [6.07, 6.45) is 7.49. The van der Waals surface area contributed by atoms with Gasteiger partial charge in [-0.05, 0) is 50.7 Å². The van der Waals surface area contributed by atoms with Crippen molar-refractivity contribution < 1.29 is 19.1 Å². The van der Waals surface area contributed by atoms with E-state index in [9.17, 15) is 19.1 Å². The van der Waals surface area contributed by atoms with Gasteiger partial charge in [0.1, 0.15) is 10.7 Å². The fourth-order valence-corrected chi connectivity index (χ4v) is 4.66. The van der Waals surface area contributed by atoms with Crippen molar-refractivity contribution in [3.8, 4) is 0 Å². The molecule has 0 unspecified atom stereocenters. The topological polar surface area (TPSA) is 91.3 Å². The van der Waals surface area contributed by atoms with Gasteiger partial charge in [0.15, 0.2) is 0 Å². The summed E-state index contributed by atoms with van der Waals surface area (Å²) in [6.45, 7) is 1.56. The van der Waals surface area contributed by atoms with Crippen LogP contribution in [0.2, 0.25) is 0 Å². The van der Waals surface area contributed by atoms with Crippen LogP contribution in [0.25, 0.3) is 0 Å². The van der Waals surface area contributed by atoms with Crippen molar-refractivity contribution in [3.63, 3.8) is 0 Å². The molecule has 160 valence electrons. The van der Waals surface area contributed by atoms with Crippen LogP contribution >= 0.6 is 11.3 Å². The molecule has 8 heteroatoms. The Hall–Kier alpha value is -2.32. The van der Waals surface area contributed by atoms with Crippen LogP contribution in [0.3, 0.4) is 0 Å². The Morgan fingerprint density at radius 1 is 1.20 bits per heavy atom. The number of aromatic nitrogens is 1. The van der Waals surface area contributed by atoms with Crippen LogP contribution in [0.1, 0.15) is 69.1 Å². The summed E-state index contributed by atoms with van der Waals surface area (Å²) in [5.41, 5.74) is 0.636. The minimum atomic E-state index is -0.590. The molecule has 2 aromatic rings. The van der Waals surface area contributed by atoms with Gasteiger partial charge in [-0.1, -0.05) is 12.8 Å². The number of carbonyl (C=O) groups is 2. The zero-order valence-corrected chi connectivity index (χ0v) is 17.7. The number of anilines is 1. The van der Waals surface area contributed by atoms with Gasteiger partial charge in [0.25, 0.3) is 11.8 Å². The highest BCUT2D eigenvalue weighted by atomic mass is 32.1. The molecular weight excluding hydrogens is 405 g/mol. The highest BCUT2D eigenvalue weighted by Crippen LogP contribution is 2.33. The van der Waals surface area contributed by atoms with Crippen LogP contribution in [-0.2, 0) is 6.42 Å². The first kappa shape index (κ1) is 20.9. The van der Waals surface area contributed by atoms with Crippen LogP contribution < -0.4 is 10.6 Å². The molecule has 0 aliphatic heterocycles. The highest BCUT2D eigenvalue weighted by molar-refractivity contribution is 7.13. The minimum Gasteiger partial charge on any atom is -0.391 e. The Balaban J connectivity index is 1.47. The first-order valence-corrected chi connectivity index (χ1v) is 11.3. The van der Waals surface area contributed by atoms with Crippen molar-refractivity contribution in [1.82, 2.24) is 10.3 Å². The number of halogens is 1. The highest BCUT2D eigenvalue weighted by Gasteiger charge is 2.26. The Labute approximate surface area is 178 Å². The number of aliphatic hydroxyl groups excluding tert-OH is 1. The summed E-state index contributed by atoms with van der Waals surface area (Å²) in [5.74, 6) is -0.709. The molecular formula is C22H26FN3O3S. The summed E-state index contributed by atoms with van der Waals surface area (Å²) in [4.78, 5) is 30.0.